The molecule has 1 aliphatic rings. The number of hydrogen-bond acceptors (Lipinski definition) is 3. The van der Waals surface area contributed by atoms with Gasteiger partial charge in [-0.25, -0.2) is 0 Å². The zero-order valence-electron chi connectivity index (χ0n) is 10.1. The molecule has 2 unspecified atom stereocenters. The molecule has 3 nitrogen and oxygen atoms in total. The van der Waals surface area contributed by atoms with Crippen LogP contribution in [-0.2, 0) is 11.3 Å². The monoisotopic (exact) mass is 230 g/mol. The van der Waals surface area contributed by atoms with Crippen LogP contribution in [0.1, 0.15) is 30.9 Å². The predicted molar refractivity (Wildman–Crippen MR) is 66.4 cm³/mol. The molecule has 1 aromatic carbocycles. The SMILES string of the molecule is CC1CC(NCc2ccccc2C#N)CCO1. The third-order valence-electron chi connectivity index (χ3n) is 3.20. The summed E-state index contributed by atoms with van der Waals surface area (Å²) in [4.78, 5) is 0. The maximum absolute atomic E-state index is 9.00. The van der Waals surface area contributed by atoms with E-state index in [2.05, 4.69) is 18.3 Å². The first-order chi connectivity index (χ1) is 8.29. The van der Waals surface area contributed by atoms with E-state index in [4.69, 9.17) is 10.00 Å². The van der Waals surface area contributed by atoms with Gasteiger partial charge in [0.15, 0.2) is 0 Å². The summed E-state index contributed by atoms with van der Waals surface area (Å²) >= 11 is 0. The predicted octanol–water partition coefficient (Wildman–Crippen LogP) is 2.22. The minimum absolute atomic E-state index is 0.340. The molecule has 17 heavy (non-hydrogen) atoms. The molecule has 1 heterocycles. The van der Waals surface area contributed by atoms with Crippen molar-refractivity contribution >= 4 is 0 Å². The van der Waals surface area contributed by atoms with Gasteiger partial charge in [0.1, 0.15) is 0 Å². The van der Waals surface area contributed by atoms with Gasteiger partial charge in [0.25, 0.3) is 0 Å². The molecule has 1 aromatic rings. The summed E-state index contributed by atoms with van der Waals surface area (Å²) in [5.41, 5.74) is 1.84. The summed E-state index contributed by atoms with van der Waals surface area (Å²) in [5.74, 6) is 0. The molecule has 0 radical (unpaired) electrons. The molecule has 0 spiro atoms. The maximum atomic E-state index is 9.00. The number of benzene rings is 1. The minimum atomic E-state index is 0.340. The molecule has 3 heteroatoms. The summed E-state index contributed by atoms with van der Waals surface area (Å²) < 4.78 is 5.51. The van der Waals surface area contributed by atoms with Crippen molar-refractivity contribution in [1.82, 2.24) is 5.32 Å². The highest BCUT2D eigenvalue weighted by molar-refractivity contribution is 5.37. The van der Waals surface area contributed by atoms with Gasteiger partial charge >= 0.3 is 0 Å². The lowest BCUT2D eigenvalue weighted by Gasteiger charge is -2.28. The average molecular weight is 230 g/mol. The highest BCUT2D eigenvalue weighted by atomic mass is 16.5. The summed E-state index contributed by atoms with van der Waals surface area (Å²) in [6, 6.07) is 10.5. The first-order valence-electron chi connectivity index (χ1n) is 6.12. The van der Waals surface area contributed by atoms with Gasteiger partial charge in [0.05, 0.1) is 17.7 Å². The maximum Gasteiger partial charge on any atom is 0.0995 e. The van der Waals surface area contributed by atoms with Crippen molar-refractivity contribution in [3.8, 4) is 6.07 Å². The van der Waals surface area contributed by atoms with Crippen molar-refractivity contribution in [2.75, 3.05) is 6.61 Å². The van der Waals surface area contributed by atoms with Crippen LogP contribution in [0.2, 0.25) is 0 Å². The molecule has 0 amide bonds. The lowest BCUT2D eigenvalue weighted by molar-refractivity contribution is 0.0130. The first kappa shape index (κ1) is 12.1. The van der Waals surface area contributed by atoms with Crippen LogP contribution < -0.4 is 5.32 Å². The normalized spacial score (nSPS) is 24.2. The van der Waals surface area contributed by atoms with Crippen LogP contribution in [0.3, 0.4) is 0 Å². The van der Waals surface area contributed by atoms with Gasteiger partial charge in [-0.1, -0.05) is 18.2 Å². The number of nitrogens with zero attached hydrogens (tertiary/aromatic N) is 1. The van der Waals surface area contributed by atoms with E-state index in [1.54, 1.807) is 0 Å². The average Bonchev–Trinajstić information content (AvgIpc) is 2.37. The second kappa shape index (κ2) is 5.81. The number of ether oxygens (including phenoxy) is 1. The Labute approximate surface area is 102 Å². The molecular formula is C14H18N2O. The van der Waals surface area contributed by atoms with Gasteiger partial charge in [-0.05, 0) is 31.4 Å². The number of rotatable bonds is 3. The van der Waals surface area contributed by atoms with E-state index in [0.717, 1.165) is 37.1 Å². The largest absolute Gasteiger partial charge is 0.378 e. The first-order valence-corrected chi connectivity index (χ1v) is 6.12. The van der Waals surface area contributed by atoms with Gasteiger partial charge in [-0.2, -0.15) is 5.26 Å². The van der Waals surface area contributed by atoms with Crippen molar-refractivity contribution in [2.45, 2.75) is 38.5 Å². The van der Waals surface area contributed by atoms with E-state index in [1.165, 1.54) is 0 Å². The van der Waals surface area contributed by atoms with Crippen molar-refractivity contribution in [3.63, 3.8) is 0 Å². The Morgan fingerprint density at radius 3 is 3.06 bits per heavy atom. The van der Waals surface area contributed by atoms with Crippen molar-refractivity contribution in [3.05, 3.63) is 35.4 Å². The quantitative estimate of drug-likeness (QED) is 0.866. The van der Waals surface area contributed by atoms with Crippen LogP contribution in [0.4, 0.5) is 0 Å². The molecular weight excluding hydrogens is 212 g/mol. The highest BCUT2D eigenvalue weighted by Crippen LogP contribution is 2.14. The zero-order chi connectivity index (χ0) is 12.1. The summed E-state index contributed by atoms with van der Waals surface area (Å²) in [7, 11) is 0. The van der Waals surface area contributed by atoms with Gasteiger partial charge < -0.3 is 10.1 Å². The molecule has 0 bridgehead atoms. The Kier molecular flexibility index (Phi) is 4.13. The summed E-state index contributed by atoms with van der Waals surface area (Å²) in [6.07, 6.45) is 2.45. The standard InChI is InChI=1S/C14H18N2O/c1-11-8-14(6-7-17-11)16-10-13-5-3-2-4-12(13)9-15/h2-5,11,14,16H,6-8,10H2,1H3. The lowest BCUT2D eigenvalue weighted by atomic mass is 10.0. The van der Waals surface area contributed by atoms with E-state index in [1.807, 2.05) is 24.3 Å². The number of hydrogen-bond donors (Lipinski definition) is 1. The fraction of sp³-hybridized carbons (Fsp3) is 0.500. The summed E-state index contributed by atoms with van der Waals surface area (Å²) in [6.45, 7) is 3.71. The molecule has 1 saturated heterocycles. The van der Waals surface area contributed by atoms with Crippen LogP contribution in [0.25, 0.3) is 0 Å². The Bertz CT molecular complexity index is 411. The molecule has 1 fully saturated rings. The number of nitriles is 1. The van der Waals surface area contributed by atoms with E-state index in [0.29, 0.717) is 12.1 Å². The third kappa shape index (κ3) is 3.29. The molecule has 90 valence electrons. The van der Waals surface area contributed by atoms with Gasteiger partial charge in [-0.15, -0.1) is 0 Å². The zero-order valence-corrected chi connectivity index (χ0v) is 10.1. The van der Waals surface area contributed by atoms with Crippen LogP contribution in [0, 0.1) is 11.3 Å². The molecule has 1 N–H and O–H groups in total. The van der Waals surface area contributed by atoms with Gasteiger partial charge in [0.2, 0.25) is 0 Å². The Morgan fingerprint density at radius 2 is 2.29 bits per heavy atom. The number of nitrogens with one attached hydrogen (secondary N) is 1. The van der Waals surface area contributed by atoms with Crippen molar-refractivity contribution in [1.29, 1.82) is 5.26 Å². The second-order valence-corrected chi connectivity index (χ2v) is 4.55. The van der Waals surface area contributed by atoms with Crippen LogP contribution >= 0.6 is 0 Å². The van der Waals surface area contributed by atoms with Crippen LogP contribution in [0.15, 0.2) is 24.3 Å². The minimum Gasteiger partial charge on any atom is -0.378 e. The summed E-state index contributed by atoms with van der Waals surface area (Å²) in [5, 5.41) is 12.5. The molecule has 2 atom stereocenters. The van der Waals surface area contributed by atoms with Gasteiger partial charge in [0, 0.05) is 19.2 Å². The molecule has 0 aliphatic carbocycles. The van der Waals surface area contributed by atoms with Crippen molar-refractivity contribution in [2.24, 2.45) is 0 Å². The van der Waals surface area contributed by atoms with E-state index in [9.17, 15) is 0 Å². The molecule has 1 aliphatic heterocycles. The highest BCUT2D eigenvalue weighted by Gasteiger charge is 2.18. The van der Waals surface area contributed by atoms with E-state index < -0.39 is 0 Å². The Hall–Kier alpha value is -1.37. The smallest absolute Gasteiger partial charge is 0.0995 e. The van der Waals surface area contributed by atoms with Crippen LogP contribution in [-0.4, -0.2) is 18.8 Å². The van der Waals surface area contributed by atoms with Crippen molar-refractivity contribution < 1.29 is 4.74 Å². The fourth-order valence-electron chi connectivity index (χ4n) is 2.22. The Morgan fingerprint density at radius 1 is 1.47 bits per heavy atom. The molecule has 0 aromatic heterocycles. The molecule has 2 rings (SSSR count). The van der Waals surface area contributed by atoms with Crippen LogP contribution in [0.5, 0.6) is 0 Å². The fourth-order valence-corrected chi connectivity index (χ4v) is 2.22. The lowest BCUT2D eigenvalue weighted by Crippen LogP contribution is -2.37. The second-order valence-electron chi connectivity index (χ2n) is 4.55. The van der Waals surface area contributed by atoms with E-state index >= 15 is 0 Å². The third-order valence-corrected chi connectivity index (χ3v) is 3.20. The topological polar surface area (TPSA) is 45.0 Å². The van der Waals surface area contributed by atoms with Gasteiger partial charge in [-0.3, -0.25) is 0 Å². The molecule has 0 saturated carbocycles. The Balaban J connectivity index is 1.91. The van der Waals surface area contributed by atoms with E-state index in [-0.39, 0.29) is 0 Å².